The van der Waals surface area contributed by atoms with Crippen molar-refractivity contribution in [1.29, 1.82) is 0 Å². The van der Waals surface area contributed by atoms with Gasteiger partial charge in [-0.1, -0.05) is 12.1 Å². The first kappa shape index (κ1) is 12.7. The van der Waals surface area contributed by atoms with Crippen molar-refractivity contribution in [2.75, 3.05) is 0 Å². The Morgan fingerprint density at radius 3 is 2.80 bits per heavy atom. The number of aryl methyl sites for hydroxylation is 1. The summed E-state index contributed by atoms with van der Waals surface area (Å²) in [5.41, 5.74) is 7.12. The van der Waals surface area contributed by atoms with Crippen LogP contribution in [-0.4, -0.2) is 19.7 Å². The molecule has 104 valence electrons. The van der Waals surface area contributed by atoms with E-state index in [9.17, 15) is 10.1 Å². The molecule has 1 aromatic heterocycles. The Morgan fingerprint density at radius 2 is 2.20 bits per heavy atom. The zero-order chi connectivity index (χ0) is 14.3. The van der Waals surface area contributed by atoms with Gasteiger partial charge in [-0.05, 0) is 19.8 Å². The molecular weight excluding hydrogens is 258 g/mol. The number of aromatic nitrogens is 3. The van der Waals surface area contributed by atoms with Crippen LogP contribution in [0, 0.1) is 17.0 Å². The number of hydrogen-bond donors (Lipinski definition) is 1. The highest BCUT2D eigenvalue weighted by Gasteiger charge is 2.30. The maximum Gasteiger partial charge on any atom is 0.273 e. The summed E-state index contributed by atoms with van der Waals surface area (Å²) in [7, 11) is 0. The van der Waals surface area contributed by atoms with Gasteiger partial charge in [-0.25, -0.2) is 0 Å². The quantitative estimate of drug-likeness (QED) is 0.678. The van der Waals surface area contributed by atoms with Crippen molar-refractivity contribution >= 4 is 5.69 Å². The fraction of sp³-hybridized carbons (Fsp3) is 0.385. The van der Waals surface area contributed by atoms with Gasteiger partial charge >= 0.3 is 0 Å². The number of hydrogen-bond acceptors (Lipinski definition) is 5. The van der Waals surface area contributed by atoms with Gasteiger partial charge in [0.25, 0.3) is 5.69 Å². The van der Waals surface area contributed by atoms with Crippen LogP contribution in [0.1, 0.15) is 30.3 Å². The van der Waals surface area contributed by atoms with E-state index in [4.69, 9.17) is 5.73 Å². The molecule has 1 aliphatic rings. The van der Waals surface area contributed by atoms with Crippen LogP contribution in [0.15, 0.2) is 18.2 Å². The molecule has 0 radical (unpaired) electrons. The third-order valence-electron chi connectivity index (χ3n) is 3.53. The highest BCUT2D eigenvalue weighted by molar-refractivity contribution is 5.62. The largest absolute Gasteiger partial charge is 0.324 e. The predicted octanol–water partition coefficient (Wildman–Crippen LogP) is 1.96. The van der Waals surface area contributed by atoms with Crippen LogP contribution in [0.3, 0.4) is 0 Å². The Balaban J connectivity index is 2.11. The molecule has 0 atom stereocenters. The fourth-order valence-electron chi connectivity index (χ4n) is 2.32. The van der Waals surface area contributed by atoms with Gasteiger partial charge < -0.3 is 10.3 Å². The maximum atomic E-state index is 11.0. The van der Waals surface area contributed by atoms with Crippen molar-refractivity contribution in [3.8, 4) is 11.4 Å². The van der Waals surface area contributed by atoms with Gasteiger partial charge in [0, 0.05) is 23.2 Å². The third kappa shape index (κ3) is 2.05. The normalized spacial score (nSPS) is 14.5. The molecule has 0 saturated heterocycles. The predicted molar refractivity (Wildman–Crippen MR) is 73.0 cm³/mol. The molecule has 2 aromatic rings. The van der Waals surface area contributed by atoms with Crippen LogP contribution in [0.2, 0.25) is 0 Å². The molecule has 7 heteroatoms. The SMILES string of the molecule is Cc1ccc(-c2nnc(CN)n2C2CC2)cc1[N+](=O)[O-]. The number of benzene rings is 1. The lowest BCUT2D eigenvalue weighted by atomic mass is 10.1. The van der Waals surface area contributed by atoms with Gasteiger partial charge in [-0.2, -0.15) is 0 Å². The minimum Gasteiger partial charge on any atom is -0.324 e. The van der Waals surface area contributed by atoms with Crippen LogP contribution >= 0.6 is 0 Å². The number of nitrogens with zero attached hydrogens (tertiary/aromatic N) is 4. The smallest absolute Gasteiger partial charge is 0.273 e. The number of nitro benzene ring substituents is 1. The monoisotopic (exact) mass is 273 g/mol. The molecule has 0 bridgehead atoms. The molecule has 1 heterocycles. The molecule has 7 nitrogen and oxygen atoms in total. The van der Waals surface area contributed by atoms with Crippen molar-refractivity contribution < 1.29 is 4.92 Å². The highest BCUT2D eigenvalue weighted by atomic mass is 16.6. The van der Waals surface area contributed by atoms with Crippen LogP contribution in [0.25, 0.3) is 11.4 Å². The van der Waals surface area contributed by atoms with E-state index < -0.39 is 0 Å². The number of nitrogens with two attached hydrogens (primary N) is 1. The zero-order valence-corrected chi connectivity index (χ0v) is 11.1. The van der Waals surface area contributed by atoms with E-state index in [-0.39, 0.29) is 10.6 Å². The summed E-state index contributed by atoms with van der Waals surface area (Å²) in [6, 6.07) is 5.50. The van der Waals surface area contributed by atoms with E-state index in [2.05, 4.69) is 10.2 Å². The Hall–Kier alpha value is -2.28. The van der Waals surface area contributed by atoms with E-state index in [1.54, 1.807) is 19.1 Å². The summed E-state index contributed by atoms with van der Waals surface area (Å²) in [4.78, 5) is 10.7. The van der Waals surface area contributed by atoms with Gasteiger partial charge in [0.05, 0.1) is 11.5 Å². The Labute approximate surface area is 115 Å². The summed E-state index contributed by atoms with van der Waals surface area (Å²) in [5, 5.41) is 19.3. The Kier molecular flexibility index (Phi) is 2.98. The standard InChI is InChI=1S/C13H15N5O2/c1-8-2-3-9(6-11(8)18(19)20)13-16-15-12(7-14)17(13)10-4-5-10/h2-3,6,10H,4-5,7,14H2,1H3. The highest BCUT2D eigenvalue weighted by Crippen LogP contribution is 2.39. The fourth-order valence-corrected chi connectivity index (χ4v) is 2.32. The summed E-state index contributed by atoms with van der Waals surface area (Å²) in [5.74, 6) is 1.39. The first-order valence-corrected chi connectivity index (χ1v) is 6.51. The molecule has 1 saturated carbocycles. The number of nitro groups is 1. The van der Waals surface area contributed by atoms with Crippen molar-refractivity contribution in [2.45, 2.75) is 32.4 Å². The second-order valence-corrected chi connectivity index (χ2v) is 5.00. The summed E-state index contributed by atoms with van der Waals surface area (Å²) >= 11 is 0. The lowest BCUT2D eigenvalue weighted by molar-refractivity contribution is -0.385. The molecule has 1 aliphatic carbocycles. The van der Waals surface area contributed by atoms with Crippen LogP contribution in [0.4, 0.5) is 5.69 Å². The number of rotatable bonds is 4. The van der Waals surface area contributed by atoms with Gasteiger partial charge in [-0.3, -0.25) is 10.1 Å². The van der Waals surface area contributed by atoms with Crippen molar-refractivity contribution in [3.63, 3.8) is 0 Å². The van der Waals surface area contributed by atoms with Gasteiger partial charge in [0.2, 0.25) is 0 Å². The topological polar surface area (TPSA) is 99.9 Å². The molecule has 2 N–H and O–H groups in total. The van der Waals surface area contributed by atoms with Gasteiger partial charge in [0.15, 0.2) is 5.82 Å². The van der Waals surface area contributed by atoms with Crippen molar-refractivity contribution in [3.05, 3.63) is 39.7 Å². The van der Waals surface area contributed by atoms with E-state index in [0.29, 0.717) is 29.5 Å². The molecular formula is C13H15N5O2. The Bertz CT molecular complexity index is 675. The molecule has 0 aliphatic heterocycles. The first-order chi connectivity index (χ1) is 9.61. The zero-order valence-electron chi connectivity index (χ0n) is 11.1. The molecule has 1 fully saturated rings. The van der Waals surface area contributed by atoms with E-state index in [0.717, 1.165) is 18.7 Å². The third-order valence-corrected chi connectivity index (χ3v) is 3.53. The average molecular weight is 273 g/mol. The van der Waals surface area contributed by atoms with E-state index in [1.807, 2.05) is 10.6 Å². The van der Waals surface area contributed by atoms with Gasteiger partial charge in [0.1, 0.15) is 5.82 Å². The minimum absolute atomic E-state index is 0.0992. The first-order valence-electron chi connectivity index (χ1n) is 6.51. The van der Waals surface area contributed by atoms with Gasteiger partial charge in [-0.15, -0.1) is 10.2 Å². The summed E-state index contributed by atoms with van der Waals surface area (Å²) in [6.45, 7) is 2.04. The maximum absolute atomic E-state index is 11.0. The van der Waals surface area contributed by atoms with E-state index in [1.165, 1.54) is 0 Å². The van der Waals surface area contributed by atoms with Crippen LogP contribution in [0.5, 0.6) is 0 Å². The molecule has 0 unspecified atom stereocenters. The second kappa shape index (κ2) is 4.68. The van der Waals surface area contributed by atoms with Crippen molar-refractivity contribution in [1.82, 2.24) is 14.8 Å². The summed E-state index contributed by atoms with van der Waals surface area (Å²) < 4.78 is 2.01. The Morgan fingerprint density at radius 1 is 1.45 bits per heavy atom. The van der Waals surface area contributed by atoms with E-state index >= 15 is 0 Å². The minimum atomic E-state index is -0.374. The van der Waals surface area contributed by atoms with Crippen LogP contribution < -0.4 is 5.73 Å². The molecule has 3 rings (SSSR count). The second-order valence-electron chi connectivity index (χ2n) is 5.00. The van der Waals surface area contributed by atoms with Crippen LogP contribution in [-0.2, 0) is 6.54 Å². The van der Waals surface area contributed by atoms with Crippen molar-refractivity contribution in [2.24, 2.45) is 5.73 Å². The molecule has 1 aromatic carbocycles. The summed E-state index contributed by atoms with van der Waals surface area (Å²) in [6.07, 6.45) is 2.15. The lowest BCUT2D eigenvalue weighted by Gasteiger charge is -2.08. The molecule has 0 amide bonds. The molecule has 0 spiro atoms. The molecule has 20 heavy (non-hydrogen) atoms. The average Bonchev–Trinajstić information content (AvgIpc) is 3.18. The lowest BCUT2D eigenvalue weighted by Crippen LogP contribution is -2.08.